The van der Waals surface area contributed by atoms with E-state index in [9.17, 15) is 9.59 Å². The van der Waals surface area contributed by atoms with Gasteiger partial charge in [0.25, 0.3) is 0 Å². The van der Waals surface area contributed by atoms with Crippen LogP contribution in [0, 0.1) is 5.92 Å². The molecule has 1 aromatic heterocycles. The van der Waals surface area contributed by atoms with Gasteiger partial charge in [-0.1, -0.05) is 18.7 Å². The third kappa shape index (κ3) is 8.01. The first kappa shape index (κ1) is 23.9. The van der Waals surface area contributed by atoms with Gasteiger partial charge < -0.3 is 14.7 Å². The van der Waals surface area contributed by atoms with Crippen LogP contribution in [0.2, 0.25) is 0 Å². The van der Waals surface area contributed by atoms with Gasteiger partial charge in [-0.05, 0) is 49.3 Å². The zero-order chi connectivity index (χ0) is 22.1. The molecule has 8 nitrogen and oxygen atoms in total. The fourth-order valence-electron chi connectivity index (χ4n) is 3.68. The lowest BCUT2D eigenvalue weighted by atomic mass is 9.86. The van der Waals surface area contributed by atoms with E-state index < -0.39 is 5.97 Å². The lowest BCUT2D eigenvalue weighted by molar-refractivity contribution is -0.133. The third-order valence-corrected chi connectivity index (χ3v) is 7.91. The van der Waals surface area contributed by atoms with E-state index in [2.05, 4.69) is 22.2 Å². The number of urea groups is 1. The van der Waals surface area contributed by atoms with Gasteiger partial charge in [0.05, 0.1) is 30.1 Å². The number of nitrogens with zero attached hydrogens (tertiary/aromatic N) is 3. The van der Waals surface area contributed by atoms with Crippen molar-refractivity contribution in [3.05, 3.63) is 30.1 Å². The van der Waals surface area contributed by atoms with Gasteiger partial charge in [-0.15, -0.1) is 11.8 Å². The number of ether oxygens (including phenoxy) is 1. The lowest BCUT2D eigenvalue weighted by Crippen LogP contribution is -2.49. The zero-order valence-electron chi connectivity index (χ0n) is 17.7. The van der Waals surface area contributed by atoms with Gasteiger partial charge in [0, 0.05) is 25.0 Å². The molecular formula is C21H30N4O4S2. The molecule has 10 heteroatoms. The summed E-state index contributed by atoms with van der Waals surface area (Å²) in [5, 5.41) is 12.3. The first-order valence-electron chi connectivity index (χ1n) is 10.6. The average molecular weight is 467 g/mol. The molecule has 2 heterocycles. The van der Waals surface area contributed by atoms with Crippen LogP contribution in [-0.2, 0) is 16.1 Å². The van der Waals surface area contributed by atoms with Gasteiger partial charge in [-0.25, -0.2) is 4.79 Å². The SMILES string of the molecule is CC1CCC(N(CCOCc2ccncc2)C(=O)NC2=NCC(SCC(=O)O)S2)CC1. The molecule has 1 aliphatic carbocycles. The summed E-state index contributed by atoms with van der Waals surface area (Å²) in [4.78, 5) is 34.1. The average Bonchev–Trinajstić information content (AvgIpc) is 3.21. The van der Waals surface area contributed by atoms with Gasteiger partial charge in [0.15, 0.2) is 5.17 Å². The molecule has 1 unspecified atom stereocenters. The summed E-state index contributed by atoms with van der Waals surface area (Å²) in [7, 11) is 0. The number of carbonyl (C=O) groups is 2. The molecule has 0 bridgehead atoms. The summed E-state index contributed by atoms with van der Waals surface area (Å²) >= 11 is 2.76. The summed E-state index contributed by atoms with van der Waals surface area (Å²) in [6.07, 6.45) is 7.71. The Morgan fingerprint density at radius 3 is 2.74 bits per heavy atom. The first-order valence-corrected chi connectivity index (χ1v) is 12.5. The van der Waals surface area contributed by atoms with E-state index in [1.807, 2.05) is 17.0 Å². The number of thioether (sulfide) groups is 2. The minimum absolute atomic E-state index is 0.0269. The lowest BCUT2D eigenvalue weighted by Gasteiger charge is -2.36. The topological polar surface area (TPSA) is 104 Å². The second-order valence-corrected chi connectivity index (χ2v) is 10.5. The van der Waals surface area contributed by atoms with Gasteiger partial charge in [0.2, 0.25) is 0 Å². The maximum atomic E-state index is 13.1. The van der Waals surface area contributed by atoms with Crippen molar-refractivity contribution in [2.75, 3.05) is 25.4 Å². The number of hydrogen-bond donors (Lipinski definition) is 2. The maximum absolute atomic E-state index is 13.1. The molecule has 1 fully saturated rings. The van der Waals surface area contributed by atoms with E-state index in [1.54, 1.807) is 12.4 Å². The predicted molar refractivity (Wildman–Crippen MR) is 124 cm³/mol. The second kappa shape index (κ2) is 12.3. The molecule has 1 aliphatic heterocycles. The van der Waals surface area contributed by atoms with Gasteiger partial charge in [0.1, 0.15) is 0 Å². The smallest absolute Gasteiger partial charge is 0.323 e. The number of carboxylic acid groups (broad SMARTS) is 1. The number of amides is 2. The van der Waals surface area contributed by atoms with Crippen LogP contribution in [0.5, 0.6) is 0 Å². The monoisotopic (exact) mass is 466 g/mol. The van der Waals surface area contributed by atoms with Crippen molar-refractivity contribution in [2.24, 2.45) is 10.9 Å². The number of carboxylic acids is 1. The molecule has 2 N–H and O–H groups in total. The highest BCUT2D eigenvalue weighted by Crippen LogP contribution is 2.30. The van der Waals surface area contributed by atoms with Crippen molar-refractivity contribution >= 4 is 40.7 Å². The summed E-state index contributed by atoms with van der Waals surface area (Å²) in [6, 6.07) is 3.88. The molecule has 31 heavy (non-hydrogen) atoms. The largest absolute Gasteiger partial charge is 0.481 e. The Balaban J connectivity index is 1.50. The van der Waals surface area contributed by atoms with Crippen molar-refractivity contribution in [3.8, 4) is 0 Å². The van der Waals surface area contributed by atoms with E-state index in [0.29, 0.717) is 37.4 Å². The molecule has 0 radical (unpaired) electrons. The summed E-state index contributed by atoms with van der Waals surface area (Å²) < 4.78 is 5.84. The Morgan fingerprint density at radius 1 is 1.29 bits per heavy atom. The van der Waals surface area contributed by atoms with E-state index in [0.717, 1.165) is 31.2 Å². The molecule has 170 valence electrons. The van der Waals surface area contributed by atoms with Crippen molar-refractivity contribution in [2.45, 2.75) is 49.8 Å². The molecule has 1 aromatic rings. The van der Waals surface area contributed by atoms with Crippen LogP contribution in [0.15, 0.2) is 29.5 Å². The van der Waals surface area contributed by atoms with E-state index >= 15 is 0 Å². The van der Waals surface area contributed by atoms with Crippen LogP contribution in [0.3, 0.4) is 0 Å². The standard InChI is InChI=1S/C21H30N4O4S2/c1-15-2-4-17(5-3-15)25(10-11-29-13-16-6-8-22-9-7-16)21(28)24-20-23-12-19(31-20)30-14-18(26)27/h6-9,15,17,19H,2-5,10-14H2,1H3,(H,26,27)(H,23,24,28). The Bertz CT molecular complexity index is 757. The number of amidine groups is 1. The van der Waals surface area contributed by atoms with E-state index in [4.69, 9.17) is 9.84 Å². The number of nitrogens with one attached hydrogen (secondary N) is 1. The summed E-state index contributed by atoms with van der Waals surface area (Å²) in [5.74, 6) is -0.103. The van der Waals surface area contributed by atoms with Crippen molar-refractivity contribution in [1.82, 2.24) is 15.2 Å². The van der Waals surface area contributed by atoms with Crippen LogP contribution in [0.1, 0.15) is 38.2 Å². The Kier molecular flexibility index (Phi) is 9.48. The minimum atomic E-state index is -0.840. The number of carbonyl (C=O) groups excluding carboxylic acids is 1. The number of aromatic nitrogens is 1. The second-order valence-electron chi connectivity index (χ2n) is 7.84. The van der Waals surface area contributed by atoms with Crippen molar-refractivity contribution in [3.63, 3.8) is 0 Å². The minimum Gasteiger partial charge on any atom is -0.481 e. The van der Waals surface area contributed by atoms with Crippen LogP contribution < -0.4 is 5.32 Å². The molecule has 3 rings (SSSR count). The van der Waals surface area contributed by atoms with E-state index in [-0.39, 0.29) is 22.4 Å². The number of hydrogen-bond acceptors (Lipinski definition) is 7. The Hall–Kier alpha value is -1.78. The van der Waals surface area contributed by atoms with Gasteiger partial charge in [-0.3, -0.25) is 20.1 Å². The number of aliphatic carboxylic acids is 1. The molecule has 0 spiro atoms. The zero-order valence-corrected chi connectivity index (χ0v) is 19.4. The van der Waals surface area contributed by atoms with E-state index in [1.165, 1.54) is 23.5 Å². The molecule has 2 amide bonds. The number of pyridine rings is 1. The highest BCUT2D eigenvalue weighted by Gasteiger charge is 2.29. The van der Waals surface area contributed by atoms with Crippen LogP contribution in [-0.4, -0.2) is 68.2 Å². The van der Waals surface area contributed by atoms with Crippen LogP contribution in [0.25, 0.3) is 0 Å². The highest BCUT2D eigenvalue weighted by atomic mass is 32.2. The maximum Gasteiger partial charge on any atom is 0.323 e. The van der Waals surface area contributed by atoms with Crippen LogP contribution >= 0.6 is 23.5 Å². The fraction of sp³-hybridized carbons (Fsp3) is 0.619. The van der Waals surface area contributed by atoms with Crippen molar-refractivity contribution < 1.29 is 19.4 Å². The summed E-state index contributed by atoms with van der Waals surface area (Å²) in [5.41, 5.74) is 1.05. The van der Waals surface area contributed by atoms with Crippen LogP contribution in [0.4, 0.5) is 4.79 Å². The predicted octanol–water partition coefficient (Wildman–Crippen LogP) is 3.44. The number of aliphatic imine (C=N–C) groups is 1. The molecular weight excluding hydrogens is 436 g/mol. The normalized spacial score (nSPS) is 23.3. The molecule has 0 saturated heterocycles. The quantitative estimate of drug-likeness (QED) is 0.537. The molecule has 1 saturated carbocycles. The Labute approximate surface area is 191 Å². The van der Waals surface area contributed by atoms with Gasteiger partial charge in [-0.2, -0.15) is 0 Å². The molecule has 2 aliphatic rings. The number of rotatable bonds is 9. The summed E-state index contributed by atoms with van der Waals surface area (Å²) in [6.45, 7) is 4.24. The molecule has 0 aromatic carbocycles. The Morgan fingerprint density at radius 2 is 2.03 bits per heavy atom. The third-order valence-electron chi connectivity index (χ3n) is 5.42. The highest BCUT2D eigenvalue weighted by molar-refractivity contribution is 8.25. The fourth-order valence-corrected chi connectivity index (χ4v) is 5.63. The first-order chi connectivity index (χ1) is 15.0. The molecule has 1 atom stereocenters. The van der Waals surface area contributed by atoms with Crippen molar-refractivity contribution in [1.29, 1.82) is 0 Å². The van der Waals surface area contributed by atoms with Gasteiger partial charge >= 0.3 is 12.0 Å².